The Bertz CT molecular complexity index is 710. The van der Waals surface area contributed by atoms with Crippen LogP contribution in [0, 0.1) is 5.82 Å². The van der Waals surface area contributed by atoms with Crippen LogP contribution in [0.25, 0.3) is 0 Å². The number of aliphatic imine (C=N–C) groups is 1. The molecule has 3 rings (SSSR count). The summed E-state index contributed by atoms with van der Waals surface area (Å²) in [5.74, 6) is 0.0570. The van der Waals surface area contributed by atoms with E-state index in [0.29, 0.717) is 29.2 Å². The summed E-state index contributed by atoms with van der Waals surface area (Å²) in [6.45, 7) is 4.41. The molecule has 22 heavy (non-hydrogen) atoms. The van der Waals surface area contributed by atoms with E-state index in [1.807, 2.05) is 32.0 Å². The predicted octanol–water partition coefficient (Wildman–Crippen LogP) is 3.46. The van der Waals surface area contributed by atoms with E-state index in [1.165, 1.54) is 12.1 Å². The molecule has 0 aliphatic carbocycles. The predicted molar refractivity (Wildman–Crippen MR) is 83.5 cm³/mol. The summed E-state index contributed by atoms with van der Waals surface area (Å²) in [6.07, 6.45) is -0.929. The van der Waals surface area contributed by atoms with Crippen LogP contribution < -0.4 is 0 Å². The highest BCUT2D eigenvalue weighted by Crippen LogP contribution is 2.29. The van der Waals surface area contributed by atoms with Crippen molar-refractivity contribution in [2.24, 2.45) is 4.99 Å². The fourth-order valence-corrected chi connectivity index (χ4v) is 2.49. The molecule has 1 aliphatic rings. The van der Waals surface area contributed by atoms with Gasteiger partial charge in [-0.1, -0.05) is 30.3 Å². The Morgan fingerprint density at radius 1 is 1.18 bits per heavy atom. The molecule has 0 spiro atoms. The van der Waals surface area contributed by atoms with Gasteiger partial charge in [-0.25, -0.2) is 9.38 Å². The van der Waals surface area contributed by atoms with Crippen molar-refractivity contribution in [2.45, 2.75) is 25.5 Å². The first kappa shape index (κ1) is 14.7. The third-order valence-electron chi connectivity index (χ3n) is 3.62. The van der Waals surface area contributed by atoms with Gasteiger partial charge in [0.1, 0.15) is 18.5 Å². The zero-order valence-electron chi connectivity index (χ0n) is 12.6. The Morgan fingerprint density at radius 3 is 2.55 bits per heavy atom. The maximum Gasteiger partial charge on any atom is 0.217 e. The summed E-state index contributed by atoms with van der Waals surface area (Å²) < 4.78 is 19.3. The molecular formula is C18H18FNO2. The lowest BCUT2D eigenvalue weighted by Gasteiger charge is -2.16. The SMILES string of the molecule is CC1(C)COC(c2ccc(F)cc2C(O)c2ccccc2)=N1. The molecule has 1 unspecified atom stereocenters. The van der Waals surface area contributed by atoms with Crippen LogP contribution in [-0.4, -0.2) is 23.2 Å². The van der Waals surface area contributed by atoms with Gasteiger partial charge in [-0.3, -0.25) is 0 Å². The second-order valence-electron chi connectivity index (χ2n) is 6.06. The van der Waals surface area contributed by atoms with Crippen LogP contribution in [0.3, 0.4) is 0 Å². The van der Waals surface area contributed by atoms with E-state index in [2.05, 4.69) is 4.99 Å². The van der Waals surface area contributed by atoms with Gasteiger partial charge < -0.3 is 9.84 Å². The first-order chi connectivity index (χ1) is 10.5. The molecule has 0 amide bonds. The summed E-state index contributed by atoms with van der Waals surface area (Å²) in [5.41, 5.74) is 1.48. The van der Waals surface area contributed by atoms with Crippen molar-refractivity contribution in [3.63, 3.8) is 0 Å². The number of hydrogen-bond acceptors (Lipinski definition) is 3. The van der Waals surface area contributed by atoms with E-state index >= 15 is 0 Å². The molecular weight excluding hydrogens is 281 g/mol. The molecule has 0 saturated heterocycles. The molecule has 1 atom stereocenters. The standard InChI is InChI=1S/C18H18FNO2/c1-18(2)11-22-17(20-18)14-9-8-13(19)10-15(14)16(21)12-6-4-3-5-7-12/h3-10,16,21H,11H2,1-2H3. The van der Waals surface area contributed by atoms with E-state index in [9.17, 15) is 9.50 Å². The van der Waals surface area contributed by atoms with E-state index in [4.69, 9.17) is 4.74 Å². The molecule has 0 radical (unpaired) electrons. The van der Waals surface area contributed by atoms with Crippen molar-refractivity contribution in [3.8, 4) is 0 Å². The average molecular weight is 299 g/mol. The quantitative estimate of drug-likeness (QED) is 0.943. The van der Waals surface area contributed by atoms with Gasteiger partial charge in [-0.05, 0) is 37.6 Å². The number of nitrogens with zero attached hydrogens (tertiary/aromatic N) is 1. The van der Waals surface area contributed by atoms with Gasteiger partial charge in [0.25, 0.3) is 0 Å². The number of benzene rings is 2. The number of aliphatic hydroxyl groups is 1. The Labute approximate surface area is 129 Å². The second kappa shape index (κ2) is 5.54. The van der Waals surface area contributed by atoms with Crippen molar-refractivity contribution >= 4 is 5.90 Å². The number of hydrogen-bond donors (Lipinski definition) is 1. The molecule has 1 N–H and O–H groups in total. The average Bonchev–Trinajstić information content (AvgIpc) is 2.87. The summed E-state index contributed by atoms with van der Waals surface area (Å²) in [4.78, 5) is 4.52. The molecule has 3 nitrogen and oxygen atoms in total. The highest BCUT2D eigenvalue weighted by molar-refractivity contribution is 5.97. The summed E-state index contributed by atoms with van der Waals surface area (Å²) in [6, 6.07) is 13.5. The fraction of sp³-hybridized carbons (Fsp3) is 0.278. The van der Waals surface area contributed by atoms with Gasteiger partial charge in [0, 0.05) is 11.1 Å². The summed E-state index contributed by atoms with van der Waals surface area (Å²) in [7, 11) is 0. The van der Waals surface area contributed by atoms with E-state index in [-0.39, 0.29) is 5.54 Å². The molecule has 114 valence electrons. The minimum absolute atomic E-state index is 0.307. The third-order valence-corrected chi connectivity index (χ3v) is 3.62. The molecule has 1 heterocycles. The maximum atomic E-state index is 13.7. The first-order valence-electron chi connectivity index (χ1n) is 7.22. The van der Waals surface area contributed by atoms with Gasteiger partial charge in [0.2, 0.25) is 5.90 Å². The summed E-state index contributed by atoms with van der Waals surface area (Å²) >= 11 is 0. The monoisotopic (exact) mass is 299 g/mol. The van der Waals surface area contributed by atoms with Crippen LogP contribution in [0.1, 0.15) is 36.6 Å². The van der Waals surface area contributed by atoms with E-state index in [0.717, 1.165) is 0 Å². The van der Waals surface area contributed by atoms with Crippen molar-refractivity contribution in [1.82, 2.24) is 0 Å². The highest BCUT2D eigenvalue weighted by atomic mass is 19.1. The van der Waals surface area contributed by atoms with Crippen LogP contribution in [0.5, 0.6) is 0 Å². The molecule has 0 saturated carbocycles. The smallest absolute Gasteiger partial charge is 0.217 e. The Morgan fingerprint density at radius 2 is 1.91 bits per heavy atom. The largest absolute Gasteiger partial charge is 0.475 e. The molecule has 4 heteroatoms. The van der Waals surface area contributed by atoms with Gasteiger partial charge >= 0.3 is 0 Å². The second-order valence-corrected chi connectivity index (χ2v) is 6.06. The fourth-order valence-electron chi connectivity index (χ4n) is 2.49. The van der Waals surface area contributed by atoms with Gasteiger partial charge in [0.05, 0.1) is 5.54 Å². The Balaban J connectivity index is 2.06. The number of rotatable bonds is 3. The van der Waals surface area contributed by atoms with Crippen LogP contribution in [0.4, 0.5) is 4.39 Å². The normalized spacial score (nSPS) is 17.7. The third kappa shape index (κ3) is 2.88. The van der Waals surface area contributed by atoms with Crippen LogP contribution >= 0.6 is 0 Å². The number of ether oxygens (including phenoxy) is 1. The molecule has 2 aromatic carbocycles. The van der Waals surface area contributed by atoms with Crippen molar-refractivity contribution in [2.75, 3.05) is 6.61 Å². The lowest BCUT2D eigenvalue weighted by molar-refractivity contribution is 0.218. The van der Waals surface area contributed by atoms with Crippen LogP contribution in [-0.2, 0) is 4.74 Å². The highest BCUT2D eigenvalue weighted by Gasteiger charge is 2.29. The molecule has 1 aliphatic heterocycles. The lowest BCUT2D eigenvalue weighted by atomic mass is 9.96. The zero-order chi connectivity index (χ0) is 15.7. The van der Waals surface area contributed by atoms with Crippen molar-refractivity contribution in [3.05, 3.63) is 71.0 Å². The van der Waals surface area contributed by atoms with Crippen molar-refractivity contribution in [1.29, 1.82) is 0 Å². The molecule has 0 bridgehead atoms. The van der Waals surface area contributed by atoms with Crippen LogP contribution in [0.15, 0.2) is 53.5 Å². The Kier molecular flexibility index (Phi) is 3.71. The Hall–Kier alpha value is -2.20. The van der Waals surface area contributed by atoms with Gasteiger partial charge in [-0.15, -0.1) is 0 Å². The zero-order valence-corrected chi connectivity index (χ0v) is 12.6. The van der Waals surface area contributed by atoms with E-state index < -0.39 is 11.9 Å². The van der Waals surface area contributed by atoms with Crippen molar-refractivity contribution < 1.29 is 14.2 Å². The van der Waals surface area contributed by atoms with E-state index in [1.54, 1.807) is 18.2 Å². The maximum absolute atomic E-state index is 13.7. The number of halogens is 1. The van der Waals surface area contributed by atoms with Gasteiger partial charge in [-0.2, -0.15) is 0 Å². The number of aliphatic hydroxyl groups excluding tert-OH is 1. The lowest BCUT2D eigenvalue weighted by Crippen LogP contribution is -2.17. The molecule has 2 aromatic rings. The topological polar surface area (TPSA) is 41.8 Å². The minimum Gasteiger partial charge on any atom is -0.475 e. The van der Waals surface area contributed by atoms with Crippen LogP contribution in [0.2, 0.25) is 0 Å². The summed E-state index contributed by atoms with van der Waals surface area (Å²) in [5, 5.41) is 10.6. The molecule has 0 fully saturated rings. The van der Waals surface area contributed by atoms with Gasteiger partial charge in [0.15, 0.2) is 0 Å². The minimum atomic E-state index is -0.929. The first-order valence-corrected chi connectivity index (χ1v) is 7.22. The molecule has 0 aromatic heterocycles.